The second kappa shape index (κ2) is 7.64. The molecule has 0 atom stereocenters. The molecular formula is C19H19Cl2N3O2S. The van der Waals surface area contributed by atoms with Gasteiger partial charge in [-0.2, -0.15) is 9.40 Å². The fourth-order valence-electron chi connectivity index (χ4n) is 2.88. The molecule has 0 amide bonds. The van der Waals surface area contributed by atoms with Crippen LogP contribution >= 0.6 is 23.2 Å². The van der Waals surface area contributed by atoms with E-state index >= 15 is 0 Å². The second-order valence-electron chi connectivity index (χ2n) is 6.23. The summed E-state index contributed by atoms with van der Waals surface area (Å²) < 4.78 is 29.0. The van der Waals surface area contributed by atoms with E-state index in [2.05, 4.69) is 5.10 Å². The van der Waals surface area contributed by atoms with Gasteiger partial charge in [0, 0.05) is 29.9 Å². The summed E-state index contributed by atoms with van der Waals surface area (Å²) >= 11 is 12.0. The predicted molar refractivity (Wildman–Crippen MR) is 108 cm³/mol. The van der Waals surface area contributed by atoms with Crippen LogP contribution in [0.4, 0.5) is 0 Å². The molecule has 0 aliphatic rings. The van der Waals surface area contributed by atoms with E-state index in [0.717, 1.165) is 22.6 Å². The molecule has 3 rings (SSSR count). The molecule has 0 aliphatic carbocycles. The molecule has 142 valence electrons. The summed E-state index contributed by atoms with van der Waals surface area (Å²) in [5, 5.41) is 5.06. The summed E-state index contributed by atoms with van der Waals surface area (Å²) in [6, 6.07) is 14.1. The van der Waals surface area contributed by atoms with E-state index < -0.39 is 10.0 Å². The lowest BCUT2D eigenvalue weighted by Gasteiger charge is -2.18. The number of rotatable bonds is 5. The van der Waals surface area contributed by atoms with Crippen LogP contribution in [0, 0.1) is 13.8 Å². The van der Waals surface area contributed by atoms with E-state index in [9.17, 15) is 8.42 Å². The molecule has 2 aromatic carbocycles. The van der Waals surface area contributed by atoms with Gasteiger partial charge in [0.15, 0.2) is 0 Å². The van der Waals surface area contributed by atoms with Crippen LogP contribution in [0.3, 0.4) is 0 Å². The number of sulfonamides is 1. The van der Waals surface area contributed by atoms with Crippen molar-refractivity contribution < 1.29 is 8.42 Å². The number of aromatic nitrogens is 2. The van der Waals surface area contributed by atoms with Crippen LogP contribution in [-0.4, -0.2) is 29.6 Å². The molecule has 0 fully saturated rings. The Balaban J connectivity index is 1.94. The van der Waals surface area contributed by atoms with Crippen molar-refractivity contribution in [2.24, 2.45) is 0 Å². The van der Waals surface area contributed by atoms with E-state index in [1.807, 2.05) is 48.9 Å². The normalized spacial score (nSPS) is 11.9. The quantitative estimate of drug-likeness (QED) is 0.601. The van der Waals surface area contributed by atoms with E-state index in [-0.39, 0.29) is 16.5 Å². The maximum Gasteiger partial charge on any atom is 0.244 e. The summed E-state index contributed by atoms with van der Waals surface area (Å²) in [6.07, 6.45) is 0. The predicted octanol–water partition coefficient (Wildman–Crippen LogP) is 4.62. The maximum atomic E-state index is 12.9. The third-order valence-corrected chi connectivity index (χ3v) is 6.93. The van der Waals surface area contributed by atoms with Gasteiger partial charge in [-0.1, -0.05) is 41.4 Å². The summed E-state index contributed by atoms with van der Waals surface area (Å²) in [6.45, 7) is 3.99. The Bertz CT molecular complexity index is 1080. The fraction of sp³-hybridized carbons (Fsp3) is 0.211. The third-order valence-electron chi connectivity index (χ3n) is 4.40. The fourth-order valence-corrected chi connectivity index (χ4v) is 4.77. The highest BCUT2D eigenvalue weighted by atomic mass is 35.5. The molecule has 0 saturated heterocycles. The molecule has 1 heterocycles. The van der Waals surface area contributed by atoms with Gasteiger partial charge < -0.3 is 0 Å². The van der Waals surface area contributed by atoms with Gasteiger partial charge in [-0.15, -0.1) is 0 Å². The molecule has 8 heteroatoms. The van der Waals surface area contributed by atoms with E-state index in [4.69, 9.17) is 23.2 Å². The maximum absolute atomic E-state index is 12.9. The topological polar surface area (TPSA) is 55.2 Å². The van der Waals surface area contributed by atoms with Gasteiger partial charge in [0.05, 0.1) is 16.4 Å². The zero-order valence-electron chi connectivity index (χ0n) is 15.1. The van der Waals surface area contributed by atoms with Crippen LogP contribution in [0.25, 0.3) is 5.69 Å². The Morgan fingerprint density at radius 3 is 2.37 bits per heavy atom. The molecule has 0 spiro atoms. The van der Waals surface area contributed by atoms with Gasteiger partial charge in [-0.05, 0) is 44.2 Å². The number of halogens is 2. The van der Waals surface area contributed by atoms with Crippen LogP contribution < -0.4 is 0 Å². The van der Waals surface area contributed by atoms with Crippen LogP contribution in [0.2, 0.25) is 10.0 Å². The van der Waals surface area contributed by atoms with E-state index in [1.54, 1.807) is 0 Å². The van der Waals surface area contributed by atoms with Gasteiger partial charge in [0.2, 0.25) is 10.0 Å². The van der Waals surface area contributed by atoms with Crippen molar-refractivity contribution in [3.8, 4) is 5.69 Å². The first-order chi connectivity index (χ1) is 12.7. The van der Waals surface area contributed by atoms with Crippen molar-refractivity contribution >= 4 is 33.2 Å². The minimum absolute atomic E-state index is 0.0295. The number of nitrogens with zero attached hydrogens (tertiary/aromatic N) is 3. The Labute approximate surface area is 169 Å². The highest BCUT2D eigenvalue weighted by Crippen LogP contribution is 2.28. The molecule has 27 heavy (non-hydrogen) atoms. The van der Waals surface area contributed by atoms with Gasteiger partial charge >= 0.3 is 0 Å². The van der Waals surface area contributed by atoms with Crippen LogP contribution in [0.5, 0.6) is 0 Å². The van der Waals surface area contributed by atoms with Gasteiger partial charge in [0.25, 0.3) is 0 Å². The van der Waals surface area contributed by atoms with Crippen molar-refractivity contribution in [1.82, 2.24) is 14.1 Å². The Morgan fingerprint density at radius 2 is 1.74 bits per heavy atom. The van der Waals surface area contributed by atoms with Crippen molar-refractivity contribution in [2.45, 2.75) is 25.3 Å². The molecule has 0 aliphatic heterocycles. The average molecular weight is 424 g/mol. The third kappa shape index (κ3) is 3.89. The summed E-state index contributed by atoms with van der Waals surface area (Å²) in [5.74, 6) is 0. The molecular weight excluding hydrogens is 405 g/mol. The standard InChI is InChI=1S/C19H19Cl2N3O2S/c1-13-17(14(2)24(22-13)16-7-5-4-6-8-16)12-23(3)27(25,26)19-10-9-15(20)11-18(19)21/h4-11H,12H2,1-3H3. The number of benzene rings is 2. The Morgan fingerprint density at radius 1 is 1.07 bits per heavy atom. The number of hydrogen-bond donors (Lipinski definition) is 0. The van der Waals surface area contributed by atoms with E-state index in [0.29, 0.717) is 5.02 Å². The zero-order chi connectivity index (χ0) is 19.8. The van der Waals surface area contributed by atoms with Crippen LogP contribution in [-0.2, 0) is 16.6 Å². The highest BCUT2D eigenvalue weighted by Gasteiger charge is 2.26. The summed E-state index contributed by atoms with van der Waals surface area (Å²) in [4.78, 5) is 0.0295. The van der Waals surface area contributed by atoms with Gasteiger partial charge in [-0.3, -0.25) is 0 Å². The minimum Gasteiger partial charge on any atom is -0.238 e. The second-order valence-corrected chi connectivity index (χ2v) is 9.09. The van der Waals surface area contributed by atoms with Crippen LogP contribution in [0.15, 0.2) is 53.4 Å². The Kier molecular flexibility index (Phi) is 5.63. The lowest BCUT2D eigenvalue weighted by atomic mass is 10.2. The molecule has 0 unspecified atom stereocenters. The van der Waals surface area contributed by atoms with Crippen molar-refractivity contribution in [3.05, 3.63) is 75.5 Å². The minimum atomic E-state index is -3.77. The molecule has 0 N–H and O–H groups in total. The zero-order valence-corrected chi connectivity index (χ0v) is 17.5. The van der Waals surface area contributed by atoms with Gasteiger partial charge in [-0.25, -0.2) is 13.1 Å². The lowest BCUT2D eigenvalue weighted by Crippen LogP contribution is -2.27. The smallest absolute Gasteiger partial charge is 0.238 e. The number of para-hydroxylation sites is 1. The molecule has 5 nitrogen and oxygen atoms in total. The number of aryl methyl sites for hydroxylation is 1. The first-order valence-corrected chi connectivity index (χ1v) is 10.4. The van der Waals surface area contributed by atoms with Crippen molar-refractivity contribution in [1.29, 1.82) is 0 Å². The molecule has 0 radical (unpaired) electrons. The largest absolute Gasteiger partial charge is 0.244 e. The number of hydrogen-bond acceptors (Lipinski definition) is 3. The van der Waals surface area contributed by atoms with E-state index in [1.165, 1.54) is 29.6 Å². The van der Waals surface area contributed by atoms with Crippen molar-refractivity contribution in [3.63, 3.8) is 0 Å². The molecule has 0 bridgehead atoms. The van der Waals surface area contributed by atoms with Gasteiger partial charge in [0.1, 0.15) is 4.90 Å². The lowest BCUT2D eigenvalue weighted by molar-refractivity contribution is 0.465. The molecule has 1 aromatic heterocycles. The summed E-state index contributed by atoms with van der Waals surface area (Å²) in [5.41, 5.74) is 3.45. The monoisotopic (exact) mass is 423 g/mol. The average Bonchev–Trinajstić information content (AvgIpc) is 2.90. The SMILES string of the molecule is Cc1nn(-c2ccccc2)c(C)c1CN(C)S(=O)(=O)c1ccc(Cl)cc1Cl. The first-order valence-electron chi connectivity index (χ1n) is 8.23. The summed E-state index contributed by atoms with van der Waals surface area (Å²) in [7, 11) is -2.24. The highest BCUT2D eigenvalue weighted by molar-refractivity contribution is 7.89. The first kappa shape index (κ1) is 19.9. The Hall–Kier alpha value is -1.86. The molecule has 0 saturated carbocycles. The van der Waals surface area contributed by atoms with Crippen LogP contribution in [0.1, 0.15) is 17.0 Å². The molecule has 3 aromatic rings. The van der Waals surface area contributed by atoms with Crippen molar-refractivity contribution in [2.75, 3.05) is 7.05 Å².